The highest BCUT2D eigenvalue weighted by Crippen LogP contribution is 2.14. The van der Waals surface area contributed by atoms with E-state index in [4.69, 9.17) is 0 Å². The summed E-state index contributed by atoms with van der Waals surface area (Å²) in [6.45, 7) is 0.317. The molecular weight excluding hydrogens is 330 g/mol. The van der Waals surface area contributed by atoms with Crippen molar-refractivity contribution in [1.29, 1.82) is 0 Å². The Bertz CT molecular complexity index is 835. The lowest BCUT2D eigenvalue weighted by atomic mass is 10.2. The van der Waals surface area contributed by atoms with Crippen LogP contribution < -0.4 is 10.6 Å². The average Bonchev–Trinajstić information content (AvgIpc) is 2.94. The number of rotatable bonds is 7. The van der Waals surface area contributed by atoms with Gasteiger partial charge < -0.3 is 15.6 Å². The lowest BCUT2D eigenvalue weighted by Gasteiger charge is -2.04. The maximum Gasteiger partial charge on any atom is 0.267 e. The van der Waals surface area contributed by atoms with E-state index in [9.17, 15) is 18.0 Å². The molecule has 0 radical (unpaired) electrons. The molecule has 7 nitrogen and oxygen atoms in total. The molecule has 1 aromatic carbocycles. The summed E-state index contributed by atoms with van der Waals surface area (Å²) in [6.07, 6.45) is 2.54. The molecule has 0 aliphatic rings. The van der Waals surface area contributed by atoms with Crippen LogP contribution in [0.5, 0.6) is 0 Å². The smallest absolute Gasteiger partial charge is 0.267 e. The van der Waals surface area contributed by atoms with Gasteiger partial charge in [0.05, 0.1) is 0 Å². The van der Waals surface area contributed by atoms with Gasteiger partial charge >= 0.3 is 0 Å². The van der Waals surface area contributed by atoms with E-state index in [2.05, 4.69) is 15.6 Å². The molecule has 0 fully saturated rings. The number of nitrogens with one attached hydrogen (secondary N) is 3. The van der Waals surface area contributed by atoms with Crippen LogP contribution in [0.2, 0.25) is 0 Å². The van der Waals surface area contributed by atoms with Gasteiger partial charge in [-0.15, -0.1) is 0 Å². The van der Waals surface area contributed by atoms with Gasteiger partial charge in [0.1, 0.15) is 5.69 Å². The minimum atomic E-state index is -3.18. The Morgan fingerprint density at radius 2 is 1.96 bits per heavy atom. The maximum atomic E-state index is 12.0. The van der Waals surface area contributed by atoms with Gasteiger partial charge in [0, 0.05) is 42.1 Å². The molecule has 2 amide bonds. The van der Waals surface area contributed by atoms with Crippen LogP contribution in [0.1, 0.15) is 16.9 Å². The number of H-pyrrole nitrogens is 1. The fourth-order valence-corrected chi connectivity index (χ4v) is 2.51. The molecular formula is C16H19N3O4S. The molecule has 0 aliphatic heterocycles. The van der Waals surface area contributed by atoms with Crippen molar-refractivity contribution in [2.45, 2.75) is 6.42 Å². The number of hydrogen-bond donors (Lipinski definition) is 3. The second-order valence-electron chi connectivity index (χ2n) is 5.28. The number of fused-ring (bicyclic) bond motifs is 1. The number of amides is 2. The van der Waals surface area contributed by atoms with Crippen molar-refractivity contribution in [2.24, 2.45) is 0 Å². The molecule has 24 heavy (non-hydrogen) atoms. The Morgan fingerprint density at radius 3 is 2.67 bits per heavy atom. The van der Waals surface area contributed by atoms with E-state index in [1.807, 2.05) is 24.3 Å². The summed E-state index contributed by atoms with van der Waals surface area (Å²) in [6, 6.07) is 9.30. The zero-order chi connectivity index (χ0) is 17.6. The third-order valence-corrected chi connectivity index (χ3v) is 3.86. The Balaban J connectivity index is 1.74. The Kier molecular flexibility index (Phi) is 5.75. The minimum Gasteiger partial charge on any atom is -0.353 e. The third kappa shape index (κ3) is 5.54. The van der Waals surface area contributed by atoms with E-state index in [0.29, 0.717) is 5.69 Å². The zero-order valence-corrected chi connectivity index (χ0v) is 14.0. The molecule has 0 unspecified atom stereocenters. The highest BCUT2D eigenvalue weighted by Gasteiger charge is 2.09. The van der Waals surface area contributed by atoms with Gasteiger partial charge in [0.2, 0.25) is 5.91 Å². The molecule has 2 aromatic rings. The third-order valence-electron chi connectivity index (χ3n) is 3.17. The lowest BCUT2D eigenvalue weighted by Crippen LogP contribution is -2.31. The van der Waals surface area contributed by atoms with Crippen LogP contribution in [-0.4, -0.2) is 44.6 Å². The molecule has 0 atom stereocenters. The number of carbonyl (C=O) groups excluding carboxylic acids is 2. The molecule has 0 saturated heterocycles. The molecule has 3 N–H and O–H groups in total. The molecule has 0 bridgehead atoms. The van der Waals surface area contributed by atoms with Crippen molar-refractivity contribution in [3.8, 4) is 0 Å². The number of carbonyl (C=O) groups is 2. The first-order chi connectivity index (χ1) is 11.3. The van der Waals surface area contributed by atoms with E-state index in [-0.39, 0.29) is 31.3 Å². The summed E-state index contributed by atoms with van der Waals surface area (Å²) < 4.78 is 21.7. The van der Waals surface area contributed by atoms with E-state index in [0.717, 1.165) is 22.6 Å². The Hall–Kier alpha value is -2.61. The number of aromatic amines is 1. The highest BCUT2D eigenvalue weighted by atomic mass is 32.2. The highest BCUT2D eigenvalue weighted by molar-refractivity contribution is 7.93. The second kappa shape index (κ2) is 7.78. The van der Waals surface area contributed by atoms with Gasteiger partial charge in [-0.3, -0.25) is 9.59 Å². The predicted octanol–water partition coefficient (Wildman–Crippen LogP) is 0.962. The Labute approximate surface area is 140 Å². The van der Waals surface area contributed by atoms with Gasteiger partial charge in [0.15, 0.2) is 9.84 Å². The SMILES string of the molecule is CS(=O)(=O)/C=C/CNC(=O)CCNC(=O)c1cc2ccccc2[nH]1. The van der Waals surface area contributed by atoms with Crippen molar-refractivity contribution < 1.29 is 18.0 Å². The van der Waals surface area contributed by atoms with Crippen molar-refractivity contribution in [1.82, 2.24) is 15.6 Å². The summed E-state index contributed by atoms with van der Waals surface area (Å²) in [5, 5.41) is 7.18. The monoisotopic (exact) mass is 349 g/mol. The first-order valence-electron chi connectivity index (χ1n) is 7.34. The predicted molar refractivity (Wildman–Crippen MR) is 92.2 cm³/mol. The van der Waals surface area contributed by atoms with Gasteiger partial charge in [0.25, 0.3) is 5.91 Å². The van der Waals surface area contributed by atoms with E-state index in [1.165, 1.54) is 6.08 Å². The van der Waals surface area contributed by atoms with E-state index in [1.54, 1.807) is 6.07 Å². The van der Waals surface area contributed by atoms with Crippen molar-refractivity contribution in [2.75, 3.05) is 19.3 Å². The molecule has 8 heteroatoms. The number of hydrogen-bond acceptors (Lipinski definition) is 4. The fourth-order valence-electron chi connectivity index (χ4n) is 2.06. The number of sulfone groups is 1. The molecule has 2 rings (SSSR count). The maximum absolute atomic E-state index is 12.0. The topological polar surface area (TPSA) is 108 Å². The number of para-hydroxylation sites is 1. The largest absolute Gasteiger partial charge is 0.353 e. The first-order valence-corrected chi connectivity index (χ1v) is 9.30. The second-order valence-corrected chi connectivity index (χ2v) is 7.21. The minimum absolute atomic E-state index is 0.110. The quantitative estimate of drug-likeness (QED) is 0.692. The zero-order valence-electron chi connectivity index (χ0n) is 13.2. The fraction of sp³-hybridized carbons (Fsp3) is 0.250. The molecule has 1 heterocycles. The molecule has 0 aliphatic carbocycles. The van der Waals surface area contributed by atoms with E-state index < -0.39 is 9.84 Å². The van der Waals surface area contributed by atoms with Gasteiger partial charge in [-0.1, -0.05) is 24.3 Å². The van der Waals surface area contributed by atoms with Crippen molar-refractivity contribution in [3.05, 3.63) is 47.5 Å². The molecule has 0 saturated carbocycles. The molecule has 0 spiro atoms. The summed E-state index contributed by atoms with van der Waals surface area (Å²) in [5.74, 6) is -0.555. The average molecular weight is 349 g/mol. The Morgan fingerprint density at radius 1 is 1.21 bits per heavy atom. The molecule has 128 valence electrons. The molecule has 1 aromatic heterocycles. The van der Waals surface area contributed by atoms with Crippen LogP contribution in [0.25, 0.3) is 10.9 Å². The van der Waals surface area contributed by atoms with Crippen molar-refractivity contribution >= 4 is 32.6 Å². The summed E-state index contributed by atoms with van der Waals surface area (Å²) in [5.41, 5.74) is 1.31. The lowest BCUT2D eigenvalue weighted by molar-refractivity contribution is -0.120. The van der Waals surface area contributed by atoms with Crippen LogP contribution in [-0.2, 0) is 14.6 Å². The van der Waals surface area contributed by atoms with Gasteiger partial charge in [-0.25, -0.2) is 8.42 Å². The first kappa shape index (κ1) is 17.7. The van der Waals surface area contributed by atoms with Gasteiger partial charge in [-0.05, 0) is 12.1 Å². The standard InChI is InChI=1S/C16H19N3O4S/c1-24(22,23)10-4-8-17-15(20)7-9-18-16(21)14-11-12-5-2-3-6-13(12)19-14/h2-6,10-11,19H,7-9H2,1H3,(H,17,20)(H,18,21)/b10-4+. The normalized spacial score (nSPS) is 11.7. The van der Waals surface area contributed by atoms with Crippen LogP contribution in [0.15, 0.2) is 41.8 Å². The summed E-state index contributed by atoms with van der Waals surface area (Å²) >= 11 is 0. The summed E-state index contributed by atoms with van der Waals surface area (Å²) in [7, 11) is -3.18. The number of benzene rings is 1. The van der Waals surface area contributed by atoms with Crippen LogP contribution in [0.3, 0.4) is 0 Å². The van der Waals surface area contributed by atoms with Gasteiger partial charge in [-0.2, -0.15) is 0 Å². The van der Waals surface area contributed by atoms with Crippen LogP contribution >= 0.6 is 0 Å². The summed E-state index contributed by atoms with van der Waals surface area (Å²) in [4.78, 5) is 26.6. The number of aromatic nitrogens is 1. The van der Waals surface area contributed by atoms with Crippen molar-refractivity contribution in [3.63, 3.8) is 0 Å². The van der Waals surface area contributed by atoms with Crippen LogP contribution in [0, 0.1) is 0 Å². The van der Waals surface area contributed by atoms with Crippen LogP contribution in [0.4, 0.5) is 0 Å². The van der Waals surface area contributed by atoms with E-state index >= 15 is 0 Å².